The number of likely N-dealkylation sites (N-methyl/N-ethyl adjacent to an activating group) is 2. The summed E-state index contributed by atoms with van der Waals surface area (Å²) in [5.74, 6) is -0.625. The van der Waals surface area contributed by atoms with Gasteiger partial charge in [0.2, 0.25) is 5.91 Å². The minimum Gasteiger partial charge on any atom is -0.436 e. The molecule has 0 bridgehead atoms. The zero-order valence-electron chi connectivity index (χ0n) is 18.5. The second kappa shape index (κ2) is 10.8. The molecular formula is C22H31N5O4. The van der Waals surface area contributed by atoms with Crippen molar-refractivity contribution in [1.29, 1.82) is 5.26 Å². The van der Waals surface area contributed by atoms with Gasteiger partial charge < -0.3 is 25.6 Å². The van der Waals surface area contributed by atoms with Gasteiger partial charge in [0.25, 0.3) is 5.91 Å². The number of carbonyl (C=O) groups excluding carboxylic acids is 3. The van der Waals surface area contributed by atoms with Crippen molar-refractivity contribution in [1.82, 2.24) is 20.9 Å². The third kappa shape index (κ3) is 6.18. The van der Waals surface area contributed by atoms with Crippen LogP contribution in [0.25, 0.3) is 0 Å². The monoisotopic (exact) mass is 429 g/mol. The van der Waals surface area contributed by atoms with Crippen molar-refractivity contribution in [2.45, 2.75) is 50.9 Å². The Morgan fingerprint density at radius 1 is 1.32 bits per heavy atom. The Morgan fingerprint density at radius 3 is 2.58 bits per heavy atom. The van der Waals surface area contributed by atoms with E-state index in [2.05, 4.69) is 22.0 Å². The number of amides is 3. The minimum absolute atomic E-state index is 0.0858. The quantitative estimate of drug-likeness (QED) is 0.570. The van der Waals surface area contributed by atoms with Gasteiger partial charge in [-0.2, -0.15) is 5.26 Å². The number of rotatable bonds is 8. The van der Waals surface area contributed by atoms with E-state index in [1.807, 2.05) is 44.2 Å². The largest absolute Gasteiger partial charge is 0.436 e. The van der Waals surface area contributed by atoms with E-state index in [9.17, 15) is 19.6 Å². The zero-order chi connectivity index (χ0) is 23.0. The molecule has 3 amide bonds. The van der Waals surface area contributed by atoms with Crippen LogP contribution in [0, 0.1) is 17.2 Å². The van der Waals surface area contributed by atoms with Gasteiger partial charge in [-0.1, -0.05) is 44.2 Å². The Bertz CT molecular complexity index is 823. The molecule has 0 aromatic heterocycles. The molecule has 3 atom stereocenters. The highest BCUT2D eigenvalue weighted by atomic mass is 16.6. The van der Waals surface area contributed by atoms with Crippen molar-refractivity contribution in [2.24, 2.45) is 5.92 Å². The van der Waals surface area contributed by atoms with Gasteiger partial charge in [0, 0.05) is 33.6 Å². The molecular weight excluding hydrogens is 398 g/mol. The normalized spacial score (nSPS) is 21.1. The Hall–Kier alpha value is -3.12. The number of nitrogens with one attached hydrogen (secondary N) is 3. The topological polar surface area (TPSA) is 124 Å². The molecule has 0 saturated carbocycles. The average Bonchev–Trinajstić information content (AvgIpc) is 3.22. The van der Waals surface area contributed by atoms with Crippen LogP contribution in [0.2, 0.25) is 0 Å². The van der Waals surface area contributed by atoms with Gasteiger partial charge in [-0.25, -0.2) is 4.79 Å². The molecule has 0 radical (unpaired) electrons. The summed E-state index contributed by atoms with van der Waals surface area (Å²) in [6.07, 6.45) is -1.27. The van der Waals surface area contributed by atoms with Gasteiger partial charge in [0.15, 0.2) is 6.10 Å². The first-order valence-electron chi connectivity index (χ1n) is 10.3. The predicted octanol–water partition coefficient (Wildman–Crippen LogP) is 1.16. The summed E-state index contributed by atoms with van der Waals surface area (Å²) in [5, 5.41) is 18.0. The van der Waals surface area contributed by atoms with Crippen LogP contribution in [-0.4, -0.2) is 61.1 Å². The fraction of sp³-hybridized carbons (Fsp3) is 0.545. The molecule has 1 heterocycles. The number of nitriles is 1. The Kier molecular flexibility index (Phi) is 8.39. The first-order chi connectivity index (χ1) is 14.7. The minimum atomic E-state index is -1.20. The van der Waals surface area contributed by atoms with Gasteiger partial charge in [-0.15, -0.1) is 0 Å². The average molecular weight is 430 g/mol. The summed E-state index contributed by atoms with van der Waals surface area (Å²) in [4.78, 5) is 38.8. The van der Waals surface area contributed by atoms with Gasteiger partial charge in [0.1, 0.15) is 5.54 Å². The lowest BCUT2D eigenvalue weighted by molar-refractivity contribution is -0.143. The fourth-order valence-electron chi connectivity index (χ4n) is 3.54. The standard InChI is InChI=1S/C22H31N5O4/c1-15(2)10-18(31-21(30)25-12-16-8-6-5-7-9-16)20(29)27(4)22(13-23)11-17(26-14-22)19(28)24-3/h5-9,15,17-18,26H,10-12,14H2,1-4H3,(H,24,28)(H,25,30). The second-order valence-electron chi connectivity index (χ2n) is 8.16. The van der Waals surface area contributed by atoms with E-state index in [0.717, 1.165) is 5.56 Å². The molecule has 1 aliphatic heterocycles. The summed E-state index contributed by atoms with van der Waals surface area (Å²) < 4.78 is 5.46. The van der Waals surface area contributed by atoms with E-state index in [1.54, 1.807) is 0 Å². The first kappa shape index (κ1) is 24.2. The molecule has 9 heteroatoms. The van der Waals surface area contributed by atoms with Crippen molar-refractivity contribution in [3.8, 4) is 6.07 Å². The molecule has 168 valence electrons. The van der Waals surface area contributed by atoms with E-state index in [-0.39, 0.29) is 31.3 Å². The highest BCUT2D eigenvalue weighted by Gasteiger charge is 2.48. The van der Waals surface area contributed by atoms with Gasteiger partial charge >= 0.3 is 6.09 Å². The van der Waals surface area contributed by atoms with Crippen LogP contribution < -0.4 is 16.0 Å². The number of benzene rings is 1. The van der Waals surface area contributed by atoms with Crippen molar-refractivity contribution in [2.75, 3.05) is 20.6 Å². The van der Waals surface area contributed by atoms with Gasteiger partial charge in [-0.05, 0) is 17.9 Å². The highest BCUT2D eigenvalue weighted by Crippen LogP contribution is 2.27. The van der Waals surface area contributed by atoms with Crippen LogP contribution in [0.4, 0.5) is 4.79 Å². The lowest BCUT2D eigenvalue weighted by Gasteiger charge is -2.34. The van der Waals surface area contributed by atoms with Crippen LogP contribution in [-0.2, 0) is 20.9 Å². The maximum absolute atomic E-state index is 13.2. The summed E-state index contributed by atoms with van der Waals surface area (Å²) in [6, 6.07) is 11.0. The number of hydrogen-bond donors (Lipinski definition) is 3. The number of alkyl carbamates (subject to hydrolysis) is 1. The van der Waals surface area contributed by atoms with E-state index in [0.29, 0.717) is 6.42 Å². The summed E-state index contributed by atoms with van der Waals surface area (Å²) in [6.45, 7) is 4.27. The number of nitrogens with zero attached hydrogens (tertiary/aromatic N) is 2. The van der Waals surface area contributed by atoms with E-state index in [1.165, 1.54) is 19.0 Å². The van der Waals surface area contributed by atoms with Crippen LogP contribution in [0.3, 0.4) is 0 Å². The summed E-state index contributed by atoms with van der Waals surface area (Å²) in [7, 11) is 3.03. The van der Waals surface area contributed by atoms with Gasteiger partial charge in [0.05, 0.1) is 12.1 Å². The van der Waals surface area contributed by atoms with Crippen LogP contribution in [0.15, 0.2) is 30.3 Å². The molecule has 9 nitrogen and oxygen atoms in total. The third-order valence-electron chi connectivity index (χ3n) is 5.42. The third-order valence-corrected chi connectivity index (χ3v) is 5.42. The maximum atomic E-state index is 13.2. The molecule has 0 spiro atoms. The molecule has 1 aromatic rings. The van der Waals surface area contributed by atoms with Crippen molar-refractivity contribution in [3.05, 3.63) is 35.9 Å². The molecule has 0 aliphatic carbocycles. The molecule has 1 fully saturated rings. The molecule has 3 N–H and O–H groups in total. The second-order valence-corrected chi connectivity index (χ2v) is 8.16. The molecule has 2 rings (SSSR count). The molecule has 1 aliphatic rings. The number of carbonyl (C=O) groups is 3. The number of hydrogen-bond acceptors (Lipinski definition) is 6. The van der Waals surface area contributed by atoms with Crippen LogP contribution in [0.1, 0.15) is 32.3 Å². The Morgan fingerprint density at radius 2 is 2.00 bits per heavy atom. The number of ether oxygens (including phenoxy) is 1. The highest BCUT2D eigenvalue weighted by molar-refractivity contribution is 5.86. The molecule has 1 aromatic carbocycles. The van der Waals surface area contributed by atoms with E-state index < -0.39 is 29.7 Å². The lowest BCUT2D eigenvalue weighted by atomic mass is 9.94. The van der Waals surface area contributed by atoms with Crippen LogP contribution in [0.5, 0.6) is 0 Å². The molecule has 1 saturated heterocycles. The maximum Gasteiger partial charge on any atom is 0.408 e. The zero-order valence-corrected chi connectivity index (χ0v) is 18.5. The first-order valence-corrected chi connectivity index (χ1v) is 10.3. The van der Waals surface area contributed by atoms with Crippen LogP contribution >= 0.6 is 0 Å². The molecule has 31 heavy (non-hydrogen) atoms. The fourth-order valence-corrected chi connectivity index (χ4v) is 3.54. The smallest absolute Gasteiger partial charge is 0.408 e. The van der Waals surface area contributed by atoms with Crippen molar-refractivity contribution < 1.29 is 19.1 Å². The lowest BCUT2D eigenvalue weighted by Crippen LogP contribution is -2.54. The molecule has 3 unspecified atom stereocenters. The van der Waals surface area contributed by atoms with E-state index >= 15 is 0 Å². The van der Waals surface area contributed by atoms with Gasteiger partial charge in [-0.3, -0.25) is 9.59 Å². The SMILES string of the molecule is CNC(=O)C1CC(C#N)(N(C)C(=O)C(CC(C)C)OC(=O)NCc2ccccc2)CN1. The van der Waals surface area contributed by atoms with Crippen molar-refractivity contribution in [3.63, 3.8) is 0 Å². The van der Waals surface area contributed by atoms with E-state index in [4.69, 9.17) is 4.74 Å². The predicted molar refractivity (Wildman–Crippen MR) is 115 cm³/mol. The van der Waals surface area contributed by atoms with Crippen molar-refractivity contribution >= 4 is 17.9 Å². The summed E-state index contributed by atoms with van der Waals surface area (Å²) >= 11 is 0. The Balaban J connectivity index is 2.08. The summed E-state index contributed by atoms with van der Waals surface area (Å²) in [5.41, 5.74) is -0.295. The Labute approximate surface area is 183 Å².